The Morgan fingerprint density at radius 3 is 2.59 bits per heavy atom. The van der Waals surface area contributed by atoms with Crippen LogP contribution in [0.3, 0.4) is 0 Å². The predicted octanol–water partition coefficient (Wildman–Crippen LogP) is 3.22. The lowest BCUT2D eigenvalue weighted by molar-refractivity contribution is -0.531. The molecule has 0 spiro atoms. The molecule has 8 nitrogen and oxygen atoms in total. The average Bonchev–Trinajstić information content (AvgIpc) is 3.13. The van der Waals surface area contributed by atoms with Crippen LogP contribution in [0.1, 0.15) is 70.6 Å². The van der Waals surface area contributed by atoms with Crippen molar-refractivity contribution < 1.29 is 4.92 Å². The summed E-state index contributed by atoms with van der Waals surface area (Å²) in [6.07, 6.45) is 11.1. The molecule has 4 rings (SSSR count). The van der Waals surface area contributed by atoms with Gasteiger partial charge in [-0.2, -0.15) is 10.4 Å². The third-order valence-electron chi connectivity index (χ3n) is 7.13. The fourth-order valence-electron chi connectivity index (χ4n) is 5.57. The summed E-state index contributed by atoms with van der Waals surface area (Å²) in [4.78, 5) is 11.3. The molecule has 3 fully saturated rings. The van der Waals surface area contributed by atoms with Crippen LogP contribution in [0.2, 0.25) is 0 Å². The Morgan fingerprint density at radius 1 is 1.07 bits per heavy atom. The Bertz CT molecular complexity index is 612. The number of rotatable bonds is 4. The summed E-state index contributed by atoms with van der Waals surface area (Å²) in [5.74, 6) is -0.168. The highest BCUT2D eigenvalue weighted by Gasteiger charge is 2.42. The van der Waals surface area contributed by atoms with Crippen molar-refractivity contribution >= 4 is 0 Å². The van der Waals surface area contributed by atoms with Crippen LogP contribution in [0.15, 0.2) is 10.3 Å². The lowest BCUT2D eigenvalue weighted by atomic mass is 9.81. The first-order valence-electron chi connectivity index (χ1n) is 10.6. The zero-order chi connectivity index (χ0) is 18.8. The molecule has 8 heteroatoms. The zero-order valence-electron chi connectivity index (χ0n) is 15.9. The maximum Gasteiger partial charge on any atom is 0.229 e. The molecule has 0 aromatic carbocycles. The van der Waals surface area contributed by atoms with Crippen molar-refractivity contribution in [3.63, 3.8) is 0 Å². The molecule has 0 radical (unpaired) electrons. The van der Waals surface area contributed by atoms with E-state index >= 15 is 0 Å². The van der Waals surface area contributed by atoms with Crippen LogP contribution in [0.5, 0.6) is 0 Å². The Kier molecular flexibility index (Phi) is 5.58. The first-order chi connectivity index (χ1) is 13.2. The highest BCUT2D eigenvalue weighted by molar-refractivity contribution is 4.97. The second kappa shape index (κ2) is 8.09. The van der Waals surface area contributed by atoms with Crippen LogP contribution in [0.4, 0.5) is 0 Å². The predicted molar refractivity (Wildman–Crippen MR) is 99.4 cm³/mol. The number of nitrogens with one attached hydrogen (secondary N) is 1. The molecule has 1 N–H and O–H groups in total. The van der Waals surface area contributed by atoms with E-state index in [9.17, 15) is 10.1 Å². The first kappa shape index (κ1) is 18.6. The fraction of sp³-hybridized carbons (Fsp3) is 0.947. The molecule has 0 saturated heterocycles. The number of nitro groups is 1. The minimum absolute atomic E-state index is 0.0969. The molecule has 0 amide bonds. The van der Waals surface area contributed by atoms with Gasteiger partial charge < -0.3 is 5.32 Å². The molecule has 1 heterocycles. The zero-order valence-corrected chi connectivity index (χ0v) is 15.9. The van der Waals surface area contributed by atoms with Crippen LogP contribution in [-0.4, -0.2) is 46.2 Å². The lowest BCUT2D eigenvalue weighted by Gasteiger charge is -2.40. The molecule has 0 bridgehead atoms. The summed E-state index contributed by atoms with van der Waals surface area (Å²) in [6, 6.07) is 3.22. The third-order valence-corrected chi connectivity index (χ3v) is 7.13. The molecule has 27 heavy (non-hydrogen) atoms. The molecular formula is C19H30N6O2. The van der Waals surface area contributed by atoms with Gasteiger partial charge >= 0.3 is 0 Å². The Morgan fingerprint density at radius 2 is 1.85 bits per heavy atom. The van der Waals surface area contributed by atoms with E-state index in [0.29, 0.717) is 30.6 Å². The molecule has 0 aromatic heterocycles. The van der Waals surface area contributed by atoms with Crippen molar-refractivity contribution in [2.75, 3.05) is 0 Å². The van der Waals surface area contributed by atoms with Gasteiger partial charge in [0.25, 0.3) is 0 Å². The van der Waals surface area contributed by atoms with Gasteiger partial charge in [-0.3, -0.25) is 15.1 Å². The average molecular weight is 374 g/mol. The lowest BCUT2D eigenvalue weighted by Crippen LogP contribution is -2.53. The molecule has 5 atom stereocenters. The van der Waals surface area contributed by atoms with Gasteiger partial charge in [-0.1, -0.05) is 18.1 Å². The van der Waals surface area contributed by atoms with Gasteiger partial charge in [-0.25, -0.2) is 0 Å². The largest absolute Gasteiger partial charge is 0.305 e. The number of hydrogen-bond acceptors (Lipinski definition) is 7. The van der Waals surface area contributed by atoms with Crippen LogP contribution in [0.25, 0.3) is 0 Å². The van der Waals surface area contributed by atoms with Crippen molar-refractivity contribution in [3.05, 3.63) is 10.1 Å². The molecule has 1 aliphatic heterocycles. The van der Waals surface area contributed by atoms with Crippen LogP contribution >= 0.6 is 0 Å². The van der Waals surface area contributed by atoms with Crippen LogP contribution < -0.4 is 5.32 Å². The maximum atomic E-state index is 11.5. The molecule has 0 aromatic rings. The summed E-state index contributed by atoms with van der Waals surface area (Å²) in [5, 5.41) is 35.4. The van der Waals surface area contributed by atoms with Crippen LogP contribution in [-0.2, 0) is 0 Å². The Hall–Kier alpha value is -1.75. The van der Waals surface area contributed by atoms with E-state index in [2.05, 4.69) is 26.7 Å². The van der Waals surface area contributed by atoms with E-state index in [1.165, 1.54) is 25.7 Å². The highest BCUT2D eigenvalue weighted by atomic mass is 16.6. The minimum Gasteiger partial charge on any atom is -0.305 e. The normalized spacial score (nSPS) is 41.7. The molecule has 3 saturated carbocycles. The van der Waals surface area contributed by atoms with Gasteiger partial charge in [0, 0.05) is 23.4 Å². The van der Waals surface area contributed by atoms with E-state index in [1.807, 2.05) is 0 Å². The minimum atomic E-state index is -0.628. The van der Waals surface area contributed by atoms with Crippen molar-refractivity contribution in [2.45, 2.75) is 107 Å². The summed E-state index contributed by atoms with van der Waals surface area (Å²) in [5.41, 5.74) is 0. The van der Waals surface area contributed by atoms with Crippen molar-refractivity contribution in [1.29, 1.82) is 5.26 Å². The van der Waals surface area contributed by atoms with Gasteiger partial charge in [-0.05, 0) is 51.4 Å². The molecule has 4 aliphatic rings. The highest BCUT2D eigenvalue weighted by Crippen LogP contribution is 2.36. The van der Waals surface area contributed by atoms with Gasteiger partial charge in [0.15, 0.2) is 0 Å². The topological polar surface area (TPSA) is 107 Å². The van der Waals surface area contributed by atoms with E-state index in [1.54, 1.807) is 0 Å². The first-order valence-corrected chi connectivity index (χ1v) is 10.6. The van der Waals surface area contributed by atoms with Gasteiger partial charge in [-0.15, -0.1) is 0 Å². The molecule has 3 aliphatic carbocycles. The van der Waals surface area contributed by atoms with Crippen molar-refractivity contribution in [3.8, 4) is 6.07 Å². The Labute approximate surface area is 160 Å². The summed E-state index contributed by atoms with van der Waals surface area (Å²) >= 11 is 0. The van der Waals surface area contributed by atoms with Gasteiger partial charge in [0.1, 0.15) is 0 Å². The van der Waals surface area contributed by atoms with E-state index < -0.39 is 6.04 Å². The van der Waals surface area contributed by atoms with E-state index in [4.69, 9.17) is 5.26 Å². The fourth-order valence-corrected chi connectivity index (χ4v) is 5.57. The molecule has 148 valence electrons. The number of fused-ring (bicyclic) bond motifs is 1. The number of nitrogens with zero attached hydrogens (tertiary/aromatic N) is 5. The van der Waals surface area contributed by atoms with Crippen molar-refractivity contribution in [1.82, 2.24) is 10.3 Å². The second-order valence-corrected chi connectivity index (χ2v) is 8.77. The Balaban J connectivity index is 1.29. The summed E-state index contributed by atoms with van der Waals surface area (Å²) in [6.45, 7) is 0. The third kappa shape index (κ3) is 3.93. The van der Waals surface area contributed by atoms with Gasteiger partial charge in [0.05, 0.1) is 30.1 Å². The van der Waals surface area contributed by atoms with E-state index in [-0.39, 0.29) is 16.9 Å². The summed E-state index contributed by atoms with van der Waals surface area (Å²) < 4.78 is 0. The monoisotopic (exact) mass is 374 g/mol. The standard InChI is InChI=1S/C19H30N6O2/c20-12-13-5-10-16(19(11-13)25(26)27)21-14-6-8-15(9-7-14)24-18-4-2-1-3-17(18)22-23-24/h13-19,21H,1-11H2. The SMILES string of the molecule is N#CC1CCC(NC2CCC(N3N=NC4CCCCC43)CC2)C([N+](=O)[O-])C1. The number of hydrogen-bond donors (Lipinski definition) is 1. The second-order valence-electron chi connectivity index (χ2n) is 8.77. The van der Waals surface area contributed by atoms with Gasteiger partial charge in [0.2, 0.25) is 6.04 Å². The molecular weight excluding hydrogens is 344 g/mol. The smallest absolute Gasteiger partial charge is 0.229 e. The van der Waals surface area contributed by atoms with E-state index in [0.717, 1.165) is 38.5 Å². The van der Waals surface area contributed by atoms with Crippen LogP contribution in [0, 0.1) is 27.4 Å². The number of nitriles is 1. The quantitative estimate of drug-likeness (QED) is 0.600. The molecule has 5 unspecified atom stereocenters. The summed E-state index contributed by atoms with van der Waals surface area (Å²) in [7, 11) is 0. The van der Waals surface area contributed by atoms with Crippen molar-refractivity contribution in [2.24, 2.45) is 16.3 Å². The maximum absolute atomic E-state index is 11.5.